The van der Waals surface area contributed by atoms with E-state index in [1.807, 2.05) is 36.6 Å². The molecular formula is C22H27N5O3S2. The molecule has 170 valence electrons. The van der Waals surface area contributed by atoms with Gasteiger partial charge in [-0.15, -0.1) is 10.2 Å². The molecule has 32 heavy (non-hydrogen) atoms. The van der Waals surface area contributed by atoms with Crippen LogP contribution in [0.5, 0.6) is 0 Å². The smallest absolute Gasteiger partial charge is 0.242 e. The number of carbonyl (C=O) groups excluding carboxylic acids is 1. The van der Waals surface area contributed by atoms with Gasteiger partial charge in [-0.05, 0) is 44.0 Å². The van der Waals surface area contributed by atoms with Gasteiger partial charge in [0, 0.05) is 26.7 Å². The van der Waals surface area contributed by atoms with Crippen LogP contribution in [0.4, 0.5) is 0 Å². The van der Waals surface area contributed by atoms with Gasteiger partial charge in [-0.2, -0.15) is 0 Å². The van der Waals surface area contributed by atoms with Crippen molar-refractivity contribution in [2.75, 3.05) is 21.1 Å². The summed E-state index contributed by atoms with van der Waals surface area (Å²) in [6, 6.07) is 12.6. The number of thioether (sulfide) groups is 1. The number of benzene rings is 2. The molecule has 0 fully saturated rings. The van der Waals surface area contributed by atoms with Gasteiger partial charge in [-0.25, -0.2) is 12.7 Å². The van der Waals surface area contributed by atoms with E-state index in [9.17, 15) is 13.2 Å². The molecule has 1 heterocycles. The minimum atomic E-state index is -3.61. The third-order valence-electron chi connectivity index (χ3n) is 5.07. The zero-order chi connectivity index (χ0) is 23.6. The molecule has 1 atom stereocenters. The van der Waals surface area contributed by atoms with Crippen LogP contribution >= 0.6 is 11.8 Å². The summed E-state index contributed by atoms with van der Waals surface area (Å²) in [6.45, 7) is 5.79. The van der Waals surface area contributed by atoms with E-state index >= 15 is 0 Å². The van der Waals surface area contributed by atoms with Gasteiger partial charge in [0.25, 0.3) is 0 Å². The van der Waals surface area contributed by atoms with Crippen molar-refractivity contribution >= 4 is 27.7 Å². The molecule has 1 aromatic heterocycles. The van der Waals surface area contributed by atoms with Crippen molar-refractivity contribution in [3.63, 3.8) is 0 Å². The monoisotopic (exact) mass is 473 g/mol. The van der Waals surface area contributed by atoms with E-state index in [1.54, 1.807) is 38.2 Å². The SMILES string of the molecule is CNC(=O)C(C)Sc1nnc(-c2cccc(S(=O)(=O)N(C)C)c2)n1-c1c(C)cccc1C. The summed E-state index contributed by atoms with van der Waals surface area (Å²) in [4.78, 5) is 12.3. The molecule has 0 radical (unpaired) electrons. The lowest BCUT2D eigenvalue weighted by Gasteiger charge is -2.17. The quantitative estimate of drug-likeness (QED) is 0.530. The van der Waals surface area contributed by atoms with Crippen molar-refractivity contribution in [2.24, 2.45) is 0 Å². The largest absolute Gasteiger partial charge is 0.358 e. The van der Waals surface area contributed by atoms with Gasteiger partial charge in [-0.3, -0.25) is 9.36 Å². The van der Waals surface area contributed by atoms with E-state index in [2.05, 4.69) is 15.5 Å². The van der Waals surface area contributed by atoms with Crippen LogP contribution in [0.2, 0.25) is 0 Å². The predicted octanol–water partition coefficient (Wildman–Crippen LogP) is 3.03. The molecular weight excluding hydrogens is 446 g/mol. The standard InChI is InChI=1S/C22H27N5O3S2/c1-14-9-7-10-15(2)19(14)27-20(24-25-22(27)31-16(3)21(28)23-4)17-11-8-12-18(13-17)32(29,30)26(5)6/h7-13,16H,1-6H3,(H,23,28). The molecule has 3 rings (SSSR count). The van der Waals surface area contributed by atoms with Crippen LogP contribution in [0.25, 0.3) is 17.1 Å². The van der Waals surface area contributed by atoms with Crippen LogP contribution in [0, 0.1) is 13.8 Å². The van der Waals surface area contributed by atoms with E-state index in [0.717, 1.165) is 16.8 Å². The number of aromatic nitrogens is 3. The highest BCUT2D eigenvalue weighted by Crippen LogP contribution is 2.33. The van der Waals surface area contributed by atoms with Gasteiger partial charge in [0.1, 0.15) is 0 Å². The fourth-order valence-corrected chi connectivity index (χ4v) is 5.17. The molecule has 0 saturated heterocycles. The summed E-state index contributed by atoms with van der Waals surface area (Å²) in [5, 5.41) is 11.6. The van der Waals surface area contributed by atoms with Crippen molar-refractivity contribution < 1.29 is 13.2 Å². The predicted molar refractivity (Wildman–Crippen MR) is 127 cm³/mol. The second-order valence-electron chi connectivity index (χ2n) is 7.57. The number of sulfonamides is 1. The van der Waals surface area contributed by atoms with Crippen molar-refractivity contribution in [3.05, 3.63) is 53.6 Å². The molecule has 3 aromatic rings. The Labute approximate surface area is 193 Å². The van der Waals surface area contributed by atoms with Gasteiger partial charge in [-0.1, -0.05) is 42.1 Å². The molecule has 2 aromatic carbocycles. The maximum atomic E-state index is 12.7. The molecule has 1 N–H and O–H groups in total. The highest BCUT2D eigenvalue weighted by Gasteiger charge is 2.24. The first-order valence-electron chi connectivity index (χ1n) is 10.0. The third-order valence-corrected chi connectivity index (χ3v) is 7.92. The molecule has 0 aliphatic rings. The first-order chi connectivity index (χ1) is 15.1. The van der Waals surface area contributed by atoms with E-state index in [4.69, 9.17) is 0 Å². The lowest BCUT2D eigenvalue weighted by atomic mass is 10.1. The first-order valence-corrected chi connectivity index (χ1v) is 12.3. The van der Waals surface area contributed by atoms with Gasteiger partial charge in [0.05, 0.1) is 15.8 Å². The number of para-hydroxylation sites is 1. The Morgan fingerprint density at radius 2 is 1.72 bits per heavy atom. The number of aryl methyl sites for hydroxylation is 2. The van der Waals surface area contributed by atoms with Crippen LogP contribution in [0.1, 0.15) is 18.1 Å². The van der Waals surface area contributed by atoms with E-state index < -0.39 is 10.0 Å². The van der Waals surface area contributed by atoms with Crippen LogP contribution in [0.15, 0.2) is 52.5 Å². The Balaban J connectivity index is 2.23. The fourth-order valence-electron chi connectivity index (χ4n) is 3.31. The lowest BCUT2D eigenvalue weighted by Crippen LogP contribution is -2.27. The number of nitrogens with one attached hydrogen (secondary N) is 1. The Morgan fingerprint density at radius 3 is 2.31 bits per heavy atom. The summed E-state index contributed by atoms with van der Waals surface area (Å²) in [6.07, 6.45) is 0. The third kappa shape index (κ3) is 4.57. The van der Waals surface area contributed by atoms with E-state index in [-0.39, 0.29) is 16.1 Å². The normalized spacial score (nSPS) is 12.7. The van der Waals surface area contributed by atoms with Crippen LogP contribution in [-0.4, -0.2) is 59.8 Å². The second-order valence-corrected chi connectivity index (χ2v) is 11.0. The summed E-state index contributed by atoms with van der Waals surface area (Å²) in [7, 11) is 0.977. The molecule has 0 bridgehead atoms. The zero-order valence-electron chi connectivity index (χ0n) is 18.9. The maximum absolute atomic E-state index is 12.7. The highest BCUT2D eigenvalue weighted by molar-refractivity contribution is 8.00. The number of amides is 1. The second kappa shape index (κ2) is 9.43. The number of hydrogen-bond donors (Lipinski definition) is 1. The molecule has 1 unspecified atom stereocenters. The Hall–Kier alpha value is -2.69. The van der Waals surface area contributed by atoms with Crippen molar-refractivity contribution in [1.82, 2.24) is 24.4 Å². The van der Waals surface area contributed by atoms with Crippen molar-refractivity contribution in [1.29, 1.82) is 0 Å². The summed E-state index contributed by atoms with van der Waals surface area (Å²) < 4.78 is 28.4. The van der Waals surface area contributed by atoms with Gasteiger partial charge in [0.15, 0.2) is 11.0 Å². The van der Waals surface area contributed by atoms with E-state index in [1.165, 1.54) is 30.2 Å². The highest BCUT2D eigenvalue weighted by atomic mass is 32.2. The molecule has 0 aliphatic carbocycles. The lowest BCUT2D eigenvalue weighted by molar-refractivity contribution is -0.119. The molecule has 1 amide bonds. The number of hydrogen-bond acceptors (Lipinski definition) is 6. The minimum absolute atomic E-state index is 0.119. The first kappa shape index (κ1) is 24.0. The molecule has 0 aliphatic heterocycles. The van der Waals surface area contributed by atoms with Crippen LogP contribution < -0.4 is 5.32 Å². The maximum Gasteiger partial charge on any atom is 0.242 e. The zero-order valence-corrected chi connectivity index (χ0v) is 20.6. The fraction of sp³-hybridized carbons (Fsp3) is 0.318. The average molecular weight is 474 g/mol. The number of rotatable bonds is 7. The number of carbonyl (C=O) groups is 1. The minimum Gasteiger partial charge on any atom is -0.358 e. The summed E-state index contributed by atoms with van der Waals surface area (Å²) in [5.74, 6) is 0.386. The van der Waals surface area contributed by atoms with Gasteiger partial charge >= 0.3 is 0 Å². The summed E-state index contributed by atoms with van der Waals surface area (Å²) >= 11 is 1.30. The van der Waals surface area contributed by atoms with Gasteiger partial charge < -0.3 is 5.32 Å². The van der Waals surface area contributed by atoms with Crippen molar-refractivity contribution in [2.45, 2.75) is 36.1 Å². The molecule has 0 saturated carbocycles. The van der Waals surface area contributed by atoms with Crippen LogP contribution in [-0.2, 0) is 14.8 Å². The van der Waals surface area contributed by atoms with Gasteiger partial charge in [0.2, 0.25) is 15.9 Å². The van der Waals surface area contributed by atoms with E-state index in [0.29, 0.717) is 16.5 Å². The Morgan fingerprint density at radius 1 is 1.09 bits per heavy atom. The molecule has 10 heteroatoms. The number of nitrogens with zero attached hydrogens (tertiary/aromatic N) is 4. The van der Waals surface area contributed by atoms with Crippen LogP contribution in [0.3, 0.4) is 0 Å². The summed E-state index contributed by atoms with van der Waals surface area (Å²) in [5.41, 5.74) is 3.54. The van der Waals surface area contributed by atoms with Crippen molar-refractivity contribution in [3.8, 4) is 17.1 Å². The average Bonchev–Trinajstić information content (AvgIpc) is 3.16. The Bertz CT molecular complexity index is 1230. The Kier molecular flexibility index (Phi) is 7.06. The topological polar surface area (TPSA) is 97.2 Å². The molecule has 0 spiro atoms. The molecule has 8 nitrogen and oxygen atoms in total.